The van der Waals surface area contributed by atoms with E-state index < -0.39 is 0 Å². The minimum Gasteiger partial charge on any atom is -0.507 e. The topological polar surface area (TPSA) is 61.7 Å². The van der Waals surface area contributed by atoms with Gasteiger partial charge in [0.25, 0.3) is 0 Å². The first-order valence-electron chi connectivity index (χ1n) is 8.68. The van der Waals surface area contributed by atoms with Gasteiger partial charge in [-0.1, -0.05) is 41.5 Å². The number of carbonyl (C=O) groups excluding carboxylic acids is 1. The second kappa shape index (κ2) is 6.58. The van der Waals surface area contributed by atoms with Crippen LogP contribution in [0.15, 0.2) is 17.1 Å². The summed E-state index contributed by atoms with van der Waals surface area (Å²) in [5.41, 5.74) is 1.81. The van der Waals surface area contributed by atoms with Gasteiger partial charge in [-0.25, -0.2) is 0 Å². The lowest BCUT2D eigenvalue weighted by Gasteiger charge is -2.28. The Morgan fingerprint density at radius 3 is 2.08 bits per heavy atom. The van der Waals surface area contributed by atoms with Crippen molar-refractivity contribution in [3.63, 3.8) is 0 Å². The van der Waals surface area contributed by atoms with Crippen molar-refractivity contribution >= 4 is 11.6 Å². The first kappa shape index (κ1) is 18.5. The van der Waals surface area contributed by atoms with E-state index >= 15 is 0 Å². The van der Waals surface area contributed by atoms with E-state index in [1.165, 1.54) is 0 Å². The molecule has 1 heterocycles. The predicted octanol–water partition coefficient (Wildman–Crippen LogP) is 3.95. The quantitative estimate of drug-likeness (QED) is 0.825. The molecular formula is C20H30N2O2. The first-order valence-corrected chi connectivity index (χ1v) is 8.68. The summed E-state index contributed by atoms with van der Waals surface area (Å²) < 4.78 is 0. The van der Waals surface area contributed by atoms with Crippen molar-refractivity contribution in [1.82, 2.24) is 5.32 Å². The maximum absolute atomic E-state index is 12.7. The number of Topliss-reactive ketones (excluding diaryl/α,β-unsaturated/α-hetero) is 1. The Hall–Kier alpha value is -1.84. The molecule has 4 nitrogen and oxygen atoms in total. The van der Waals surface area contributed by atoms with Crippen molar-refractivity contribution in [2.75, 3.05) is 13.1 Å². The van der Waals surface area contributed by atoms with Gasteiger partial charge < -0.3 is 10.4 Å². The summed E-state index contributed by atoms with van der Waals surface area (Å²) in [5.74, 6) is 1.26. The number of phenols is 1. The average Bonchev–Trinajstić information content (AvgIpc) is 2.95. The van der Waals surface area contributed by atoms with Gasteiger partial charge in [0.15, 0.2) is 5.78 Å². The number of phenolic OH excluding ortho intramolecular Hbond substituents is 1. The molecule has 0 amide bonds. The Kier molecular flexibility index (Phi) is 5.07. The van der Waals surface area contributed by atoms with Crippen LogP contribution in [0.3, 0.4) is 0 Å². The van der Waals surface area contributed by atoms with E-state index in [0.717, 1.165) is 36.3 Å². The van der Waals surface area contributed by atoms with E-state index in [-0.39, 0.29) is 23.2 Å². The lowest BCUT2D eigenvalue weighted by molar-refractivity contribution is 0.0996. The lowest BCUT2D eigenvalue weighted by atomic mass is 9.78. The molecule has 0 unspecified atom stereocenters. The third-order valence-corrected chi connectivity index (χ3v) is 4.38. The second-order valence-corrected chi connectivity index (χ2v) is 8.63. The van der Waals surface area contributed by atoms with Gasteiger partial charge in [-0.2, -0.15) is 0 Å². The zero-order valence-electron chi connectivity index (χ0n) is 15.8. The molecule has 0 radical (unpaired) electrons. The molecule has 0 saturated heterocycles. The number of nitrogens with one attached hydrogen (secondary N) is 1. The van der Waals surface area contributed by atoms with Crippen molar-refractivity contribution in [3.05, 3.63) is 28.8 Å². The zero-order chi connectivity index (χ0) is 18.1. The third-order valence-electron chi connectivity index (χ3n) is 4.38. The van der Waals surface area contributed by atoms with Crippen LogP contribution in [0.5, 0.6) is 5.75 Å². The largest absolute Gasteiger partial charge is 0.507 e. The minimum absolute atomic E-state index is 0.0283. The average molecular weight is 330 g/mol. The molecule has 0 aliphatic carbocycles. The summed E-state index contributed by atoms with van der Waals surface area (Å²) in [7, 11) is 0. The number of hydrogen-bond donors (Lipinski definition) is 2. The Morgan fingerprint density at radius 1 is 1.12 bits per heavy atom. The van der Waals surface area contributed by atoms with E-state index in [4.69, 9.17) is 0 Å². The summed E-state index contributed by atoms with van der Waals surface area (Å²) in [5, 5.41) is 13.9. The van der Waals surface area contributed by atoms with E-state index in [9.17, 15) is 9.90 Å². The van der Waals surface area contributed by atoms with Crippen LogP contribution in [0.4, 0.5) is 0 Å². The number of aliphatic imine (C=N–C) groups is 1. The van der Waals surface area contributed by atoms with Gasteiger partial charge in [-0.05, 0) is 29.4 Å². The highest BCUT2D eigenvalue weighted by Crippen LogP contribution is 2.39. The number of ketones is 1. The maximum atomic E-state index is 12.7. The van der Waals surface area contributed by atoms with Gasteiger partial charge in [-0.3, -0.25) is 9.79 Å². The SMILES string of the molecule is CC(C)(C)c1cc(C(=O)CNC2=NCCC2)cc(C(C)(C)C)c1O. The van der Waals surface area contributed by atoms with Gasteiger partial charge in [0.05, 0.1) is 12.4 Å². The molecule has 0 spiro atoms. The number of benzene rings is 1. The van der Waals surface area contributed by atoms with Gasteiger partial charge in [0, 0.05) is 29.7 Å². The van der Waals surface area contributed by atoms with Crippen molar-refractivity contribution < 1.29 is 9.90 Å². The first-order chi connectivity index (χ1) is 11.0. The van der Waals surface area contributed by atoms with Crippen LogP contribution in [-0.4, -0.2) is 29.8 Å². The highest BCUT2D eigenvalue weighted by atomic mass is 16.3. The monoisotopic (exact) mass is 330 g/mol. The van der Waals surface area contributed by atoms with Gasteiger partial charge in [-0.15, -0.1) is 0 Å². The molecule has 0 saturated carbocycles. The summed E-state index contributed by atoms with van der Waals surface area (Å²) in [6.45, 7) is 13.4. The van der Waals surface area contributed by atoms with Gasteiger partial charge >= 0.3 is 0 Å². The molecule has 132 valence electrons. The fourth-order valence-electron chi connectivity index (χ4n) is 2.91. The van der Waals surface area contributed by atoms with E-state index in [1.807, 2.05) is 53.7 Å². The number of rotatable bonds is 3. The van der Waals surface area contributed by atoms with E-state index in [2.05, 4.69) is 10.3 Å². The minimum atomic E-state index is -0.233. The highest BCUT2D eigenvalue weighted by Gasteiger charge is 2.27. The van der Waals surface area contributed by atoms with Crippen molar-refractivity contribution in [2.45, 2.75) is 65.2 Å². The van der Waals surface area contributed by atoms with Crippen molar-refractivity contribution in [3.8, 4) is 5.75 Å². The van der Waals surface area contributed by atoms with Crippen LogP contribution in [0.2, 0.25) is 0 Å². The number of carbonyl (C=O) groups is 1. The lowest BCUT2D eigenvalue weighted by Crippen LogP contribution is -2.29. The number of aromatic hydroxyl groups is 1. The van der Waals surface area contributed by atoms with E-state index in [1.54, 1.807) is 0 Å². The third kappa shape index (κ3) is 4.16. The van der Waals surface area contributed by atoms with Crippen LogP contribution >= 0.6 is 0 Å². The molecule has 1 aromatic rings. The molecule has 1 aliphatic heterocycles. The molecule has 0 bridgehead atoms. The standard InChI is InChI=1S/C20H30N2O2/c1-19(2,3)14-10-13(11-15(18(14)24)20(4,5)6)16(23)12-22-17-8-7-9-21-17/h10-11,24H,7-9,12H2,1-6H3,(H,21,22). The van der Waals surface area contributed by atoms with Crippen LogP contribution < -0.4 is 5.32 Å². The van der Waals surface area contributed by atoms with E-state index in [0.29, 0.717) is 11.3 Å². The Labute approximate surface area is 145 Å². The van der Waals surface area contributed by atoms with Gasteiger partial charge in [0.2, 0.25) is 0 Å². The smallest absolute Gasteiger partial charge is 0.181 e. The fraction of sp³-hybridized carbons (Fsp3) is 0.600. The molecule has 1 aromatic carbocycles. The van der Waals surface area contributed by atoms with Crippen LogP contribution in [0, 0.1) is 0 Å². The number of nitrogens with zero attached hydrogens (tertiary/aromatic N) is 1. The summed E-state index contributed by atoms with van der Waals surface area (Å²) in [4.78, 5) is 17.0. The molecule has 24 heavy (non-hydrogen) atoms. The fourth-order valence-corrected chi connectivity index (χ4v) is 2.91. The number of hydrogen-bond acceptors (Lipinski definition) is 4. The van der Waals surface area contributed by atoms with Crippen molar-refractivity contribution in [1.29, 1.82) is 0 Å². The van der Waals surface area contributed by atoms with Crippen LogP contribution in [-0.2, 0) is 10.8 Å². The maximum Gasteiger partial charge on any atom is 0.181 e. The number of amidine groups is 1. The summed E-state index contributed by atoms with van der Waals surface area (Å²) in [6, 6.07) is 3.68. The summed E-state index contributed by atoms with van der Waals surface area (Å²) in [6.07, 6.45) is 1.97. The predicted molar refractivity (Wildman–Crippen MR) is 99.4 cm³/mol. The molecule has 2 N–H and O–H groups in total. The second-order valence-electron chi connectivity index (χ2n) is 8.63. The molecule has 2 rings (SSSR count). The Morgan fingerprint density at radius 2 is 1.67 bits per heavy atom. The zero-order valence-corrected chi connectivity index (χ0v) is 15.8. The van der Waals surface area contributed by atoms with Crippen LogP contribution in [0.25, 0.3) is 0 Å². The molecule has 1 aliphatic rings. The van der Waals surface area contributed by atoms with Crippen molar-refractivity contribution in [2.24, 2.45) is 4.99 Å². The molecule has 4 heteroatoms. The van der Waals surface area contributed by atoms with Gasteiger partial charge in [0.1, 0.15) is 5.75 Å². The Balaban J connectivity index is 2.36. The molecular weight excluding hydrogens is 300 g/mol. The normalized spacial score (nSPS) is 15.3. The Bertz CT molecular complexity index is 626. The molecule has 0 aromatic heterocycles. The highest BCUT2D eigenvalue weighted by molar-refractivity contribution is 6.00. The molecule has 0 atom stereocenters. The summed E-state index contributed by atoms with van der Waals surface area (Å²) >= 11 is 0. The van der Waals surface area contributed by atoms with Crippen LogP contribution in [0.1, 0.15) is 75.9 Å². The molecule has 0 fully saturated rings.